The van der Waals surface area contributed by atoms with Gasteiger partial charge in [0.05, 0.1) is 6.61 Å². The van der Waals surface area contributed by atoms with Crippen molar-refractivity contribution in [3.63, 3.8) is 0 Å². The fraction of sp³-hybridized carbons (Fsp3) is 0.480. The lowest BCUT2D eigenvalue weighted by molar-refractivity contribution is -0.122. The molecule has 2 aromatic carbocycles. The maximum atomic E-state index is 12.4. The molecular formula is C25H35NO3. The maximum absolute atomic E-state index is 12.4. The van der Waals surface area contributed by atoms with Gasteiger partial charge in [0, 0.05) is 5.69 Å². The van der Waals surface area contributed by atoms with Crippen molar-refractivity contribution in [1.29, 1.82) is 0 Å². The number of nitrogens with one attached hydrogen (secondary N) is 1. The van der Waals surface area contributed by atoms with Crippen LogP contribution in [0.2, 0.25) is 0 Å². The second kappa shape index (κ2) is 10.9. The largest absolute Gasteiger partial charge is 0.494 e. The number of carbonyl (C=O) groups excluding carboxylic acids is 1. The Labute approximate surface area is 175 Å². The van der Waals surface area contributed by atoms with Crippen LogP contribution in [0.4, 0.5) is 5.69 Å². The van der Waals surface area contributed by atoms with Crippen molar-refractivity contribution in [2.75, 3.05) is 11.9 Å². The number of amides is 1. The van der Waals surface area contributed by atoms with Gasteiger partial charge in [-0.15, -0.1) is 0 Å². The highest BCUT2D eigenvalue weighted by molar-refractivity contribution is 5.94. The van der Waals surface area contributed by atoms with Gasteiger partial charge in [-0.05, 0) is 60.7 Å². The summed E-state index contributed by atoms with van der Waals surface area (Å²) in [6.07, 6.45) is 4.14. The summed E-state index contributed by atoms with van der Waals surface area (Å²) >= 11 is 0. The highest BCUT2D eigenvalue weighted by atomic mass is 16.5. The first-order chi connectivity index (χ1) is 13.8. The van der Waals surface area contributed by atoms with E-state index in [-0.39, 0.29) is 11.3 Å². The van der Waals surface area contributed by atoms with Crippen LogP contribution >= 0.6 is 0 Å². The molecule has 29 heavy (non-hydrogen) atoms. The van der Waals surface area contributed by atoms with E-state index in [1.54, 1.807) is 6.92 Å². The number of ether oxygens (including phenoxy) is 2. The first-order valence-corrected chi connectivity index (χ1v) is 10.6. The van der Waals surface area contributed by atoms with Crippen LogP contribution in [-0.2, 0) is 10.2 Å². The molecule has 2 aromatic rings. The minimum absolute atomic E-state index is 0.0902. The average Bonchev–Trinajstić information content (AvgIpc) is 2.68. The quantitative estimate of drug-likeness (QED) is 0.475. The Morgan fingerprint density at radius 3 is 2.14 bits per heavy atom. The lowest BCUT2D eigenvalue weighted by Gasteiger charge is -2.20. The zero-order valence-electron chi connectivity index (χ0n) is 18.5. The summed E-state index contributed by atoms with van der Waals surface area (Å²) in [7, 11) is 0. The standard InChI is InChI=1S/C25H35NO3/c1-6-7-8-9-18-28-22-16-12-21(13-17-22)26-24(27)19(2)29-23-14-10-20(11-15-23)25(3,4)5/h10-17,19H,6-9,18H2,1-5H3,(H,26,27). The van der Waals surface area contributed by atoms with Crippen molar-refractivity contribution in [2.24, 2.45) is 0 Å². The van der Waals surface area contributed by atoms with Crippen LogP contribution in [0.3, 0.4) is 0 Å². The van der Waals surface area contributed by atoms with Gasteiger partial charge in [-0.1, -0.05) is 59.1 Å². The monoisotopic (exact) mass is 397 g/mol. The third kappa shape index (κ3) is 7.80. The molecule has 0 aliphatic heterocycles. The Morgan fingerprint density at radius 2 is 1.55 bits per heavy atom. The summed E-state index contributed by atoms with van der Waals surface area (Å²) in [6, 6.07) is 15.4. The summed E-state index contributed by atoms with van der Waals surface area (Å²) in [5.74, 6) is 1.33. The van der Waals surface area contributed by atoms with Crippen molar-refractivity contribution >= 4 is 11.6 Å². The van der Waals surface area contributed by atoms with Gasteiger partial charge in [-0.25, -0.2) is 0 Å². The molecule has 0 aliphatic rings. The number of unbranched alkanes of at least 4 members (excludes halogenated alkanes) is 3. The maximum Gasteiger partial charge on any atom is 0.265 e. The van der Waals surface area contributed by atoms with Gasteiger partial charge in [0.25, 0.3) is 5.91 Å². The molecule has 0 aliphatic carbocycles. The van der Waals surface area contributed by atoms with Crippen molar-refractivity contribution in [1.82, 2.24) is 0 Å². The van der Waals surface area contributed by atoms with E-state index >= 15 is 0 Å². The molecule has 0 fully saturated rings. The topological polar surface area (TPSA) is 47.6 Å². The summed E-state index contributed by atoms with van der Waals surface area (Å²) in [6.45, 7) is 11.2. The minimum atomic E-state index is -0.593. The normalized spacial score (nSPS) is 12.3. The third-order valence-corrected chi connectivity index (χ3v) is 4.79. The van der Waals surface area contributed by atoms with Crippen LogP contribution in [-0.4, -0.2) is 18.6 Å². The summed E-state index contributed by atoms with van der Waals surface area (Å²) < 4.78 is 11.5. The second-order valence-corrected chi connectivity index (χ2v) is 8.46. The molecule has 1 amide bonds. The van der Waals surface area contributed by atoms with Crippen LogP contribution in [0, 0.1) is 0 Å². The smallest absolute Gasteiger partial charge is 0.265 e. The number of hydrogen-bond donors (Lipinski definition) is 1. The van der Waals surface area contributed by atoms with E-state index in [0.717, 1.165) is 24.5 Å². The number of rotatable bonds is 10. The molecule has 0 aromatic heterocycles. The number of hydrogen-bond acceptors (Lipinski definition) is 3. The van der Waals surface area contributed by atoms with E-state index in [4.69, 9.17) is 9.47 Å². The zero-order valence-corrected chi connectivity index (χ0v) is 18.5. The van der Waals surface area contributed by atoms with Crippen LogP contribution in [0.1, 0.15) is 65.9 Å². The van der Waals surface area contributed by atoms with E-state index in [2.05, 4.69) is 33.0 Å². The SMILES string of the molecule is CCCCCCOc1ccc(NC(=O)C(C)Oc2ccc(C(C)(C)C)cc2)cc1. The minimum Gasteiger partial charge on any atom is -0.494 e. The van der Waals surface area contributed by atoms with Gasteiger partial charge in [0.1, 0.15) is 11.5 Å². The van der Waals surface area contributed by atoms with Gasteiger partial charge >= 0.3 is 0 Å². The summed E-state index contributed by atoms with van der Waals surface area (Å²) in [5.41, 5.74) is 2.05. The van der Waals surface area contributed by atoms with Gasteiger partial charge < -0.3 is 14.8 Å². The highest BCUT2D eigenvalue weighted by Crippen LogP contribution is 2.25. The van der Waals surface area contributed by atoms with Crippen molar-refractivity contribution in [3.05, 3.63) is 54.1 Å². The Morgan fingerprint density at radius 1 is 0.931 bits per heavy atom. The molecule has 0 heterocycles. The number of carbonyl (C=O) groups is 1. The first-order valence-electron chi connectivity index (χ1n) is 10.6. The fourth-order valence-corrected chi connectivity index (χ4v) is 2.89. The predicted octanol–water partition coefficient (Wildman–Crippen LogP) is 6.35. The molecule has 0 saturated heterocycles. The lowest BCUT2D eigenvalue weighted by Crippen LogP contribution is -2.30. The average molecular weight is 398 g/mol. The Kier molecular flexibility index (Phi) is 8.56. The molecule has 0 spiro atoms. The van der Waals surface area contributed by atoms with Crippen LogP contribution in [0.15, 0.2) is 48.5 Å². The van der Waals surface area contributed by atoms with E-state index < -0.39 is 6.10 Å². The van der Waals surface area contributed by atoms with E-state index in [1.807, 2.05) is 48.5 Å². The van der Waals surface area contributed by atoms with Crippen LogP contribution < -0.4 is 14.8 Å². The third-order valence-electron chi connectivity index (χ3n) is 4.79. The molecule has 0 saturated carbocycles. The molecular weight excluding hydrogens is 362 g/mol. The van der Waals surface area contributed by atoms with E-state index in [1.165, 1.54) is 24.8 Å². The highest BCUT2D eigenvalue weighted by Gasteiger charge is 2.17. The van der Waals surface area contributed by atoms with Gasteiger partial charge in [-0.2, -0.15) is 0 Å². The Hall–Kier alpha value is -2.49. The molecule has 0 radical (unpaired) electrons. The van der Waals surface area contributed by atoms with E-state index in [9.17, 15) is 4.79 Å². The summed E-state index contributed by atoms with van der Waals surface area (Å²) in [5, 5.41) is 2.89. The van der Waals surface area contributed by atoms with Crippen molar-refractivity contribution in [2.45, 2.75) is 71.8 Å². The molecule has 158 valence electrons. The molecule has 2 rings (SSSR count). The molecule has 1 unspecified atom stereocenters. The molecule has 1 atom stereocenters. The molecule has 4 heteroatoms. The fourth-order valence-electron chi connectivity index (χ4n) is 2.89. The van der Waals surface area contributed by atoms with E-state index in [0.29, 0.717) is 5.75 Å². The van der Waals surface area contributed by atoms with Crippen LogP contribution in [0.25, 0.3) is 0 Å². The molecule has 1 N–H and O–H groups in total. The Bertz CT molecular complexity index is 745. The number of benzene rings is 2. The van der Waals surface area contributed by atoms with Gasteiger partial charge in [0.15, 0.2) is 6.10 Å². The van der Waals surface area contributed by atoms with Gasteiger partial charge in [-0.3, -0.25) is 4.79 Å². The molecule has 4 nitrogen and oxygen atoms in total. The van der Waals surface area contributed by atoms with Gasteiger partial charge in [0.2, 0.25) is 0 Å². The number of anilines is 1. The summed E-state index contributed by atoms with van der Waals surface area (Å²) in [4.78, 5) is 12.4. The molecule has 0 bridgehead atoms. The second-order valence-electron chi connectivity index (χ2n) is 8.46. The zero-order chi connectivity index (χ0) is 21.3. The van der Waals surface area contributed by atoms with Crippen molar-refractivity contribution < 1.29 is 14.3 Å². The van der Waals surface area contributed by atoms with Crippen LogP contribution in [0.5, 0.6) is 11.5 Å². The predicted molar refractivity (Wildman–Crippen MR) is 120 cm³/mol. The first kappa shape index (κ1) is 22.8. The van der Waals surface area contributed by atoms with Crippen molar-refractivity contribution in [3.8, 4) is 11.5 Å². The Balaban J connectivity index is 1.81. The lowest BCUT2D eigenvalue weighted by atomic mass is 9.87.